The van der Waals surface area contributed by atoms with E-state index in [1.165, 1.54) is 6.20 Å². The van der Waals surface area contributed by atoms with Crippen LogP contribution >= 0.6 is 11.6 Å². The Morgan fingerprint density at radius 3 is 2.76 bits per heavy atom. The molecule has 2 atom stereocenters. The smallest absolute Gasteiger partial charge is 0.228 e. The number of aromatic nitrogens is 1. The summed E-state index contributed by atoms with van der Waals surface area (Å²) in [5, 5.41) is 0.233. The molecule has 25 heavy (non-hydrogen) atoms. The fourth-order valence-electron chi connectivity index (χ4n) is 2.68. The third kappa shape index (κ3) is 5.18. The van der Waals surface area contributed by atoms with Gasteiger partial charge in [-0.25, -0.2) is 18.1 Å². The van der Waals surface area contributed by atoms with Crippen LogP contribution in [0.25, 0.3) is 11.5 Å². The number of ether oxygens (including phenoxy) is 2. The Balaban J connectivity index is 1.60. The third-order valence-electron chi connectivity index (χ3n) is 3.88. The van der Waals surface area contributed by atoms with Crippen molar-refractivity contribution in [2.75, 3.05) is 26.1 Å². The number of nitrogens with zero attached hydrogens (tertiary/aromatic N) is 1. The standard InChI is InChI=1S/C16H19ClN2O5S/c1-25(20,21)19-14-6-7-22-9-12(14)10-23-13-4-2-11(3-5-13)16-18-8-15(17)24-16/h2-5,8,12,14,19H,6-7,9-10H2,1H3/t12-,14+/m1/s1. The van der Waals surface area contributed by atoms with Gasteiger partial charge in [0.1, 0.15) is 5.75 Å². The molecule has 0 radical (unpaired) electrons. The van der Waals surface area contributed by atoms with Gasteiger partial charge in [0.25, 0.3) is 0 Å². The lowest BCUT2D eigenvalue weighted by Gasteiger charge is -2.31. The maximum absolute atomic E-state index is 11.5. The second kappa shape index (κ2) is 7.74. The highest BCUT2D eigenvalue weighted by molar-refractivity contribution is 7.88. The quantitative estimate of drug-likeness (QED) is 0.819. The van der Waals surface area contributed by atoms with Crippen LogP contribution in [0.3, 0.4) is 0 Å². The van der Waals surface area contributed by atoms with Crippen LogP contribution in [-0.4, -0.2) is 45.5 Å². The lowest BCUT2D eigenvalue weighted by Crippen LogP contribution is -2.47. The number of rotatable bonds is 6. The minimum Gasteiger partial charge on any atom is -0.493 e. The van der Waals surface area contributed by atoms with Crippen molar-refractivity contribution in [3.63, 3.8) is 0 Å². The average molecular weight is 387 g/mol. The fourth-order valence-corrected chi connectivity index (χ4v) is 3.66. The molecule has 3 rings (SSSR count). The van der Waals surface area contributed by atoms with Crippen molar-refractivity contribution in [3.8, 4) is 17.2 Å². The van der Waals surface area contributed by atoms with Gasteiger partial charge >= 0.3 is 0 Å². The molecule has 7 nitrogen and oxygen atoms in total. The van der Waals surface area contributed by atoms with Crippen LogP contribution in [0.1, 0.15) is 6.42 Å². The number of hydrogen-bond donors (Lipinski definition) is 1. The van der Waals surface area contributed by atoms with E-state index >= 15 is 0 Å². The number of sulfonamides is 1. The maximum Gasteiger partial charge on any atom is 0.228 e. The normalized spacial score (nSPS) is 21.2. The average Bonchev–Trinajstić information content (AvgIpc) is 3.00. The Hall–Kier alpha value is -1.61. The second-order valence-corrected chi connectivity index (χ2v) is 8.08. The molecule has 2 heterocycles. The molecule has 0 bridgehead atoms. The summed E-state index contributed by atoms with van der Waals surface area (Å²) in [6, 6.07) is 7.06. The van der Waals surface area contributed by atoms with Gasteiger partial charge in [0, 0.05) is 24.1 Å². The van der Waals surface area contributed by atoms with Gasteiger partial charge < -0.3 is 13.9 Å². The maximum atomic E-state index is 11.5. The van der Waals surface area contributed by atoms with Crippen LogP contribution in [0.4, 0.5) is 0 Å². The Kier molecular flexibility index (Phi) is 5.63. The van der Waals surface area contributed by atoms with Crippen molar-refractivity contribution in [1.82, 2.24) is 9.71 Å². The van der Waals surface area contributed by atoms with Crippen molar-refractivity contribution < 1.29 is 22.3 Å². The minimum atomic E-state index is -3.26. The molecule has 0 spiro atoms. The van der Waals surface area contributed by atoms with Crippen LogP contribution < -0.4 is 9.46 Å². The van der Waals surface area contributed by atoms with E-state index in [4.69, 9.17) is 25.5 Å². The van der Waals surface area contributed by atoms with Gasteiger partial charge in [0.05, 0.1) is 25.7 Å². The number of nitrogens with one attached hydrogen (secondary N) is 1. The first-order chi connectivity index (χ1) is 11.9. The summed E-state index contributed by atoms with van der Waals surface area (Å²) in [6.45, 7) is 1.36. The molecule has 9 heteroatoms. The molecule has 1 saturated heterocycles. The van der Waals surface area contributed by atoms with Crippen LogP contribution in [0.15, 0.2) is 34.9 Å². The zero-order chi connectivity index (χ0) is 17.9. The molecule has 1 N–H and O–H groups in total. The summed E-state index contributed by atoms with van der Waals surface area (Å²) in [7, 11) is -3.26. The number of halogens is 1. The lowest BCUT2D eigenvalue weighted by molar-refractivity contribution is 0.0187. The SMILES string of the molecule is CS(=O)(=O)N[C@H]1CCOC[C@@H]1COc1ccc(-c2ncc(Cl)o2)cc1. The summed E-state index contributed by atoms with van der Waals surface area (Å²) in [6.07, 6.45) is 3.23. The molecule has 1 aromatic heterocycles. The van der Waals surface area contributed by atoms with E-state index in [-0.39, 0.29) is 17.2 Å². The van der Waals surface area contributed by atoms with E-state index < -0.39 is 10.0 Å². The molecular formula is C16H19ClN2O5S. The highest BCUT2D eigenvalue weighted by Crippen LogP contribution is 2.24. The monoisotopic (exact) mass is 386 g/mol. The summed E-state index contributed by atoms with van der Waals surface area (Å²) < 4.78 is 42.1. The number of hydrogen-bond acceptors (Lipinski definition) is 6. The predicted molar refractivity (Wildman–Crippen MR) is 93.1 cm³/mol. The number of oxazole rings is 1. The first-order valence-electron chi connectivity index (χ1n) is 7.80. The van der Waals surface area contributed by atoms with Gasteiger partial charge in [-0.05, 0) is 42.3 Å². The summed E-state index contributed by atoms with van der Waals surface area (Å²) in [5.41, 5.74) is 0.789. The fraction of sp³-hybridized carbons (Fsp3) is 0.438. The Morgan fingerprint density at radius 1 is 1.36 bits per heavy atom. The van der Waals surface area contributed by atoms with Gasteiger partial charge in [0.2, 0.25) is 21.1 Å². The topological polar surface area (TPSA) is 90.7 Å². The van der Waals surface area contributed by atoms with Crippen LogP contribution in [0.2, 0.25) is 5.22 Å². The van der Waals surface area contributed by atoms with Gasteiger partial charge in [-0.2, -0.15) is 0 Å². The van der Waals surface area contributed by atoms with Gasteiger partial charge in [-0.15, -0.1) is 0 Å². The molecule has 1 fully saturated rings. The van der Waals surface area contributed by atoms with Crippen LogP contribution in [-0.2, 0) is 14.8 Å². The van der Waals surface area contributed by atoms with Gasteiger partial charge in [-0.3, -0.25) is 0 Å². The molecule has 0 saturated carbocycles. The van der Waals surface area contributed by atoms with E-state index in [0.29, 0.717) is 37.9 Å². The Morgan fingerprint density at radius 2 is 2.12 bits per heavy atom. The zero-order valence-corrected chi connectivity index (χ0v) is 15.2. The Bertz CT molecular complexity index is 806. The molecule has 1 aliphatic heterocycles. The predicted octanol–water partition coefficient (Wildman–Crippen LogP) is 2.33. The van der Waals surface area contributed by atoms with Crippen LogP contribution in [0.5, 0.6) is 5.75 Å². The molecule has 1 aromatic carbocycles. The summed E-state index contributed by atoms with van der Waals surface area (Å²) in [4.78, 5) is 4.06. The first-order valence-corrected chi connectivity index (χ1v) is 10.1. The molecule has 2 aromatic rings. The zero-order valence-electron chi connectivity index (χ0n) is 13.6. The Labute approximate surface area is 151 Å². The summed E-state index contributed by atoms with van der Waals surface area (Å²) >= 11 is 5.72. The molecule has 0 amide bonds. The van der Waals surface area contributed by atoms with E-state index in [2.05, 4.69) is 9.71 Å². The highest BCUT2D eigenvalue weighted by atomic mass is 35.5. The van der Waals surface area contributed by atoms with Gasteiger partial charge in [-0.1, -0.05) is 0 Å². The van der Waals surface area contributed by atoms with E-state index in [9.17, 15) is 8.42 Å². The van der Waals surface area contributed by atoms with Crippen molar-refractivity contribution in [2.45, 2.75) is 12.5 Å². The molecular weight excluding hydrogens is 368 g/mol. The van der Waals surface area contributed by atoms with E-state index in [1.807, 2.05) is 12.1 Å². The number of benzene rings is 1. The molecule has 136 valence electrons. The van der Waals surface area contributed by atoms with Crippen LogP contribution in [0, 0.1) is 5.92 Å². The highest BCUT2D eigenvalue weighted by Gasteiger charge is 2.28. The van der Waals surface area contributed by atoms with Crippen molar-refractivity contribution in [2.24, 2.45) is 5.92 Å². The third-order valence-corrected chi connectivity index (χ3v) is 4.79. The molecule has 1 aliphatic rings. The first kappa shape index (κ1) is 18.2. The lowest BCUT2D eigenvalue weighted by atomic mass is 9.98. The second-order valence-electron chi connectivity index (χ2n) is 5.93. The minimum absolute atomic E-state index is 0.0475. The van der Waals surface area contributed by atoms with E-state index in [1.54, 1.807) is 12.1 Å². The van der Waals surface area contributed by atoms with Crippen molar-refractivity contribution in [3.05, 3.63) is 35.7 Å². The summed E-state index contributed by atoms with van der Waals surface area (Å²) in [5.74, 6) is 1.06. The molecule has 0 unspecified atom stereocenters. The van der Waals surface area contributed by atoms with Gasteiger partial charge in [0.15, 0.2) is 0 Å². The largest absolute Gasteiger partial charge is 0.493 e. The van der Waals surface area contributed by atoms with Crippen molar-refractivity contribution in [1.29, 1.82) is 0 Å². The molecule has 0 aliphatic carbocycles. The van der Waals surface area contributed by atoms with Crippen molar-refractivity contribution >= 4 is 21.6 Å². The van der Waals surface area contributed by atoms with E-state index in [0.717, 1.165) is 11.8 Å².